The van der Waals surface area contributed by atoms with E-state index < -0.39 is 0 Å². The first-order valence-electron chi connectivity index (χ1n) is 7.03. The number of aromatic nitrogens is 1. The highest BCUT2D eigenvalue weighted by Gasteiger charge is 2.20. The summed E-state index contributed by atoms with van der Waals surface area (Å²) in [5.41, 5.74) is 1.54. The van der Waals surface area contributed by atoms with Crippen molar-refractivity contribution in [1.82, 2.24) is 9.88 Å². The van der Waals surface area contributed by atoms with Crippen molar-refractivity contribution in [2.24, 2.45) is 0 Å². The van der Waals surface area contributed by atoms with Crippen molar-refractivity contribution >= 4 is 17.2 Å². The molecule has 0 aliphatic carbocycles. The number of rotatable bonds is 6. The fraction of sp³-hybridized carbons (Fsp3) is 0.294. The smallest absolute Gasteiger partial charge is 0.254 e. The van der Waals surface area contributed by atoms with E-state index in [1.54, 1.807) is 41.6 Å². The Labute approximate surface area is 135 Å². The third-order valence-electron chi connectivity index (χ3n) is 3.28. The van der Waals surface area contributed by atoms with E-state index in [4.69, 9.17) is 4.74 Å². The minimum atomic E-state index is -0.0625. The van der Waals surface area contributed by atoms with Crippen LogP contribution in [-0.2, 0) is 0 Å². The monoisotopic (exact) mass is 316 g/mol. The lowest BCUT2D eigenvalue weighted by Crippen LogP contribution is -2.29. The normalized spacial score (nSPS) is 11.8. The number of carbonyl (C=O) groups excluding carboxylic acids is 1. The van der Waals surface area contributed by atoms with Crippen LogP contribution >= 0.6 is 11.3 Å². The molecule has 0 N–H and O–H groups in total. The van der Waals surface area contributed by atoms with Crippen molar-refractivity contribution in [1.29, 1.82) is 0 Å². The van der Waals surface area contributed by atoms with Crippen molar-refractivity contribution in [3.05, 3.63) is 58.6 Å². The Kier molecular flexibility index (Phi) is 5.33. The van der Waals surface area contributed by atoms with Gasteiger partial charge in [-0.2, -0.15) is 0 Å². The number of hydrogen-bond acceptors (Lipinski definition) is 4. The van der Waals surface area contributed by atoms with Gasteiger partial charge in [0, 0.05) is 24.2 Å². The number of nitrogens with zero attached hydrogens (tertiary/aromatic N) is 2. The van der Waals surface area contributed by atoms with Crippen LogP contribution in [0.2, 0.25) is 0 Å². The molecular weight excluding hydrogens is 296 g/mol. The molecule has 0 bridgehead atoms. The van der Waals surface area contributed by atoms with E-state index in [0.29, 0.717) is 17.9 Å². The van der Waals surface area contributed by atoms with E-state index in [0.717, 1.165) is 10.6 Å². The van der Waals surface area contributed by atoms with E-state index in [-0.39, 0.29) is 11.9 Å². The largest absolute Gasteiger partial charge is 0.489 e. The highest BCUT2D eigenvalue weighted by atomic mass is 32.1. The standard InChI is InChI=1S/C17H20N2O2S/c1-12(2)11-21-15-7-5-6-14(10-15)17(20)19(4)13(3)16-18-8-9-22-16/h5-10,13H,1,11H2,2-4H3/t13-/m0/s1. The van der Waals surface area contributed by atoms with Gasteiger partial charge < -0.3 is 9.64 Å². The average Bonchev–Trinajstić information content (AvgIpc) is 3.05. The molecule has 116 valence electrons. The lowest BCUT2D eigenvalue weighted by Gasteiger charge is -2.23. The van der Waals surface area contributed by atoms with Gasteiger partial charge in [-0.3, -0.25) is 4.79 Å². The molecule has 0 aliphatic rings. The molecule has 0 unspecified atom stereocenters. The van der Waals surface area contributed by atoms with Crippen LogP contribution in [0.4, 0.5) is 0 Å². The number of carbonyl (C=O) groups is 1. The quantitative estimate of drug-likeness (QED) is 0.758. The Morgan fingerprint density at radius 3 is 2.91 bits per heavy atom. The summed E-state index contributed by atoms with van der Waals surface area (Å²) in [7, 11) is 1.79. The fourth-order valence-electron chi connectivity index (χ4n) is 1.91. The van der Waals surface area contributed by atoms with Crippen LogP contribution in [0.5, 0.6) is 5.75 Å². The van der Waals surface area contributed by atoms with Gasteiger partial charge in [0.2, 0.25) is 0 Å². The van der Waals surface area contributed by atoms with Crippen molar-refractivity contribution in [3.8, 4) is 5.75 Å². The first-order valence-corrected chi connectivity index (χ1v) is 7.91. The van der Waals surface area contributed by atoms with E-state index in [9.17, 15) is 4.79 Å². The highest BCUT2D eigenvalue weighted by molar-refractivity contribution is 7.09. The summed E-state index contributed by atoms with van der Waals surface area (Å²) in [5, 5.41) is 2.83. The highest BCUT2D eigenvalue weighted by Crippen LogP contribution is 2.23. The molecule has 0 aliphatic heterocycles. The maximum Gasteiger partial charge on any atom is 0.254 e. The molecule has 1 atom stereocenters. The number of thiazole rings is 1. The Balaban J connectivity index is 2.11. The average molecular weight is 316 g/mol. The van der Waals surface area contributed by atoms with E-state index in [1.165, 1.54) is 0 Å². The summed E-state index contributed by atoms with van der Waals surface area (Å²) < 4.78 is 5.59. The van der Waals surface area contributed by atoms with Crippen LogP contribution in [0.15, 0.2) is 48.0 Å². The van der Waals surface area contributed by atoms with Crippen LogP contribution in [0.25, 0.3) is 0 Å². The molecule has 5 heteroatoms. The summed E-state index contributed by atoms with van der Waals surface area (Å²) in [5.74, 6) is 0.618. The van der Waals surface area contributed by atoms with Gasteiger partial charge in [0.15, 0.2) is 0 Å². The van der Waals surface area contributed by atoms with Gasteiger partial charge in [-0.1, -0.05) is 12.6 Å². The second kappa shape index (κ2) is 7.22. The Hall–Kier alpha value is -2.14. The molecule has 0 fully saturated rings. The van der Waals surface area contributed by atoms with Gasteiger partial charge >= 0.3 is 0 Å². The molecule has 0 spiro atoms. The number of amides is 1. The fourth-order valence-corrected chi connectivity index (χ4v) is 2.65. The first-order chi connectivity index (χ1) is 10.5. The van der Waals surface area contributed by atoms with Crippen molar-refractivity contribution in [3.63, 3.8) is 0 Å². The molecule has 0 saturated carbocycles. The molecule has 1 heterocycles. The Morgan fingerprint density at radius 2 is 2.27 bits per heavy atom. The third-order valence-corrected chi connectivity index (χ3v) is 4.22. The topological polar surface area (TPSA) is 42.4 Å². The Bertz CT molecular complexity index is 652. The first kappa shape index (κ1) is 16.2. The molecular formula is C17H20N2O2S. The van der Waals surface area contributed by atoms with Gasteiger partial charge in [-0.05, 0) is 37.6 Å². The summed E-state index contributed by atoms with van der Waals surface area (Å²) in [6.45, 7) is 8.12. The van der Waals surface area contributed by atoms with Crippen molar-refractivity contribution in [2.45, 2.75) is 19.9 Å². The van der Waals surface area contributed by atoms with E-state index >= 15 is 0 Å². The second-order valence-electron chi connectivity index (χ2n) is 5.24. The van der Waals surface area contributed by atoms with Crippen LogP contribution in [-0.4, -0.2) is 29.4 Å². The maximum absolute atomic E-state index is 12.6. The number of benzene rings is 1. The Morgan fingerprint density at radius 1 is 1.50 bits per heavy atom. The number of ether oxygens (including phenoxy) is 1. The molecule has 1 amide bonds. The molecule has 1 aromatic carbocycles. The van der Waals surface area contributed by atoms with Gasteiger partial charge in [0.05, 0.1) is 6.04 Å². The molecule has 22 heavy (non-hydrogen) atoms. The minimum Gasteiger partial charge on any atom is -0.489 e. The van der Waals surface area contributed by atoms with Crippen LogP contribution < -0.4 is 4.74 Å². The van der Waals surface area contributed by atoms with E-state index in [2.05, 4.69) is 11.6 Å². The van der Waals surface area contributed by atoms with E-state index in [1.807, 2.05) is 31.4 Å². The molecule has 2 rings (SSSR count). The van der Waals surface area contributed by atoms with Gasteiger partial charge in [0.1, 0.15) is 17.4 Å². The van der Waals surface area contributed by atoms with Crippen LogP contribution in [0.1, 0.15) is 35.3 Å². The molecule has 4 nitrogen and oxygen atoms in total. The van der Waals surface area contributed by atoms with Crippen LogP contribution in [0, 0.1) is 0 Å². The summed E-state index contributed by atoms with van der Waals surface area (Å²) >= 11 is 1.55. The van der Waals surface area contributed by atoms with Gasteiger partial charge in [-0.25, -0.2) is 4.98 Å². The summed E-state index contributed by atoms with van der Waals surface area (Å²) in [6, 6.07) is 7.15. The molecule has 1 aromatic heterocycles. The summed E-state index contributed by atoms with van der Waals surface area (Å²) in [6.07, 6.45) is 1.75. The zero-order valence-corrected chi connectivity index (χ0v) is 13.9. The minimum absolute atomic E-state index is 0.0523. The SMILES string of the molecule is C=C(C)COc1cccc(C(=O)N(C)[C@@H](C)c2nccs2)c1. The predicted molar refractivity (Wildman–Crippen MR) is 89.4 cm³/mol. The van der Waals surface area contributed by atoms with Gasteiger partial charge in [0.25, 0.3) is 5.91 Å². The van der Waals surface area contributed by atoms with Crippen molar-refractivity contribution < 1.29 is 9.53 Å². The summed E-state index contributed by atoms with van der Waals surface area (Å²) in [4.78, 5) is 18.6. The lowest BCUT2D eigenvalue weighted by molar-refractivity contribution is 0.0742. The lowest BCUT2D eigenvalue weighted by atomic mass is 10.1. The maximum atomic E-state index is 12.6. The van der Waals surface area contributed by atoms with Crippen molar-refractivity contribution in [2.75, 3.05) is 13.7 Å². The molecule has 2 aromatic rings. The predicted octanol–water partition coefficient (Wildman–Crippen LogP) is 3.93. The number of hydrogen-bond donors (Lipinski definition) is 0. The third kappa shape index (κ3) is 3.95. The van der Waals surface area contributed by atoms with Crippen LogP contribution in [0.3, 0.4) is 0 Å². The molecule has 0 saturated heterocycles. The molecule has 0 radical (unpaired) electrons. The second-order valence-corrected chi connectivity index (χ2v) is 6.16. The van der Waals surface area contributed by atoms with Gasteiger partial charge in [-0.15, -0.1) is 11.3 Å². The zero-order chi connectivity index (χ0) is 16.1. The zero-order valence-electron chi connectivity index (χ0n) is 13.1.